The number of thiazole rings is 1. The Kier molecular flexibility index (Phi) is 5.31. The van der Waals surface area contributed by atoms with Gasteiger partial charge in [-0.25, -0.2) is 9.37 Å². The second-order valence-electron chi connectivity index (χ2n) is 2.97. The largest absolute Gasteiger partial charge is 0.240 e. The molecule has 0 atom stereocenters. The molecule has 1 aromatic heterocycles. The summed E-state index contributed by atoms with van der Waals surface area (Å²) in [5.41, 5.74) is 1.67. The van der Waals surface area contributed by atoms with Crippen LogP contribution in [0.3, 0.4) is 0 Å². The summed E-state index contributed by atoms with van der Waals surface area (Å²) in [7, 11) is 0. The Hall–Kier alpha value is -1.73. The van der Waals surface area contributed by atoms with Crippen molar-refractivity contribution in [2.24, 2.45) is 0 Å². The Labute approximate surface area is 104 Å². The van der Waals surface area contributed by atoms with Crippen LogP contribution in [0.1, 0.15) is 18.9 Å². The third-order valence-electron chi connectivity index (χ3n) is 1.92. The van der Waals surface area contributed by atoms with Crippen LogP contribution in [0.4, 0.5) is 4.39 Å². The zero-order valence-electron chi connectivity index (χ0n) is 9.77. The molecule has 0 aliphatic rings. The van der Waals surface area contributed by atoms with E-state index >= 15 is 0 Å². The first-order valence-corrected chi connectivity index (χ1v) is 6.25. The first-order valence-electron chi connectivity index (χ1n) is 5.37. The highest BCUT2D eigenvalue weighted by Crippen LogP contribution is 2.22. The summed E-state index contributed by atoms with van der Waals surface area (Å²) in [4.78, 5) is 4.27. The minimum Gasteiger partial charge on any atom is -0.240 e. The molecule has 0 aliphatic carbocycles. The van der Waals surface area contributed by atoms with Crippen LogP contribution in [0, 0.1) is 17.1 Å². The summed E-state index contributed by atoms with van der Waals surface area (Å²) in [6, 6.07) is 8.21. The normalized spacial score (nSPS) is 9.06. The predicted molar refractivity (Wildman–Crippen MR) is 68.2 cm³/mol. The fraction of sp³-hybridized carbons (Fsp3) is 0.231. The number of benzene rings is 1. The lowest BCUT2D eigenvalue weighted by molar-refractivity contribution is 0.628. The second-order valence-corrected chi connectivity index (χ2v) is 3.91. The first-order chi connectivity index (χ1) is 8.29. The van der Waals surface area contributed by atoms with Gasteiger partial charge in [0.15, 0.2) is 0 Å². The van der Waals surface area contributed by atoms with Crippen molar-refractivity contribution in [2.75, 3.05) is 0 Å². The minimum absolute atomic E-state index is 0.258. The summed E-state index contributed by atoms with van der Waals surface area (Å²) in [5, 5.41) is 11.2. The maximum atomic E-state index is 12.7. The van der Waals surface area contributed by atoms with Gasteiger partial charge in [-0.3, -0.25) is 0 Å². The molecule has 0 saturated carbocycles. The van der Waals surface area contributed by atoms with Gasteiger partial charge >= 0.3 is 0 Å². The average Bonchev–Trinajstić information content (AvgIpc) is 2.82. The van der Waals surface area contributed by atoms with Crippen LogP contribution in [0.5, 0.6) is 0 Å². The highest BCUT2D eigenvalue weighted by molar-refractivity contribution is 7.10. The number of hydrogen-bond acceptors (Lipinski definition) is 3. The summed E-state index contributed by atoms with van der Waals surface area (Å²) in [6.07, 6.45) is 0.325. The molecule has 0 aliphatic heterocycles. The third-order valence-corrected chi connectivity index (χ3v) is 2.77. The number of hydrogen-bond donors (Lipinski definition) is 0. The van der Waals surface area contributed by atoms with Crippen molar-refractivity contribution < 1.29 is 4.39 Å². The molecule has 0 spiro atoms. The van der Waals surface area contributed by atoms with Crippen LogP contribution in [0.15, 0.2) is 29.6 Å². The summed E-state index contributed by atoms with van der Waals surface area (Å²) in [6.45, 7) is 4.00. The number of halogens is 1. The van der Waals surface area contributed by atoms with Crippen molar-refractivity contribution in [3.63, 3.8) is 0 Å². The van der Waals surface area contributed by atoms with E-state index in [2.05, 4.69) is 4.98 Å². The van der Waals surface area contributed by atoms with Gasteiger partial charge in [-0.1, -0.05) is 13.8 Å². The lowest BCUT2D eigenvalue weighted by atomic mass is 10.2. The molecule has 17 heavy (non-hydrogen) atoms. The molecule has 88 valence electrons. The molecule has 0 bridgehead atoms. The van der Waals surface area contributed by atoms with Crippen LogP contribution < -0.4 is 0 Å². The van der Waals surface area contributed by atoms with Crippen LogP contribution in [0.25, 0.3) is 11.3 Å². The van der Waals surface area contributed by atoms with Crippen LogP contribution in [-0.2, 0) is 6.42 Å². The topological polar surface area (TPSA) is 36.7 Å². The minimum atomic E-state index is -0.258. The fourth-order valence-electron chi connectivity index (χ4n) is 1.21. The molecule has 0 unspecified atom stereocenters. The molecule has 1 aromatic carbocycles. The fourth-order valence-corrected chi connectivity index (χ4v) is 1.95. The van der Waals surface area contributed by atoms with E-state index in [0.717, 1.165) is 16.3 Å². The molecule has 1 heterocycles. The standard InChI is InChI=1S/C11H7FN2S.C2H6/c12-9-3-1-8(2-4-9)10-7-15-11(14-10)5-6-13;1-2/h1-4,7H,5H2;1-2H3. The van der Waals surface area contributed by atoms with Crippen LogP contribution in [-0.4, -0.2) is 4.98 Å². The van der Waals surface area contributed by atoms with E-state index in [9.17, 15) is 4.39 Å². The van der Waals surface area contributed by atoms with E-state index in [0.29, 0.717) is 6.42 Å². The molecule has 0 saturated heterocycles. The number of nitrogens with zero attached hydrogens (tertiary/aromatic N) is 2. The Morgan fingerprint density at radius 2 is 1.94 bits per heavy atom. The lowest BCUT2D eigenvalue weighted by Gasteiger charge is -1.94. The summed E-state index contributed by atoms with van der Waals surface area (Å²) >= 11 is 1.45. The molecular formula is C13H13FN2S. The molecule has 2 nitrogen and oxygen atoms in total. The van der Waals surface area contributed by atoms with Crippen molar-refractivity contribution >= 4 is 11.3 Å². The van der Waals surface area contributed by atoms with Crippen molar-refractivity contribution in [1.82, 2.24) is 4.98 Å². The third kappa shape index (κ3) is 3.65. The number of aromatic nitrogens is 1. The monoisotopic (exact) mass is 248 g/mol. The Morgan fingerprint density at radius 3 is 2.53 bits per heavy atom. The van der Waals surface area contributed by atoms with E-state index in [1.165, 1.54) is 23.5 Å². The predicted octanol–water partition coefficient (Wildman–Crippen LogP) is 4.04. The Morgan fingerprint density at radius 1 is 1.29 bits per heavy atom. The summed E-state index contributed by atoms with van der Waals surface area (Å²) in [5.74, 6) is -0.258. The zero-order chi connectivity index (χ0) is 12.7. The highest BCUT2D eigenvalue weighted by Gasteiger charge is 2.03. The Bertz CT molecular complexity index is 497. The van der Waals surface area contributed by atoms with Crippen LogP contribution >= 0.6 is 11.3 Å². The molecular weight excluding hydrogens is 235 g/mol. The van der Waals surface area contributed by atoms with Crippen molar-refractivity contribution in [3.05, 3.63) is 40.5 Å². The van der Waals surface area contributed by atoms with Crippen molar-refractivity contribution in [2.45, 2.75) is 20.3 Å². The van der Waals surface area contributed by atoms with Gasteiger partial charge in [0, 0.05) is 10.9 Å². The molecule has 4 heteroatoms. The van der Waals surface area contributed by atoms with Gasteiger partial charge in [0.2, 0.25) is 0 Å². The average molecular weight is 248 g/mol. The van der Waals surface area contributed by atoms with E-state index in [-0.39, 0.29) is 5.82 Å². The van der Waals surface area contributed by atoms with Crippen molar-refractivity contribution in [1.29, 1.82) is 5.26 Å². The van der Waals surface area contributed by atoms with Gasteiger partial charge in [0.25, 0.3) is 0 Å². The highest BCUT2D eigenvalue weighted by atomic mass is 32.1. The van der Waals surface area contributed by atoms with E-state index < -0.39 is 0 Å². The van der Waals surface area contributed by atoms with E-state index in [1.807, 2.05) is 25.3 Å². The van der Waals surface area contributed by atoms with E-state index in [1.54, 1.807) is 12.1 Å². The van der Waals surface area contributed by atoms with Gasteiger partial charge in [-0.2, -0.15) is 5.26 Å². The second kappa shape index (κ2) is 6.77. The zero-order valence-corrected chi connectivity index (χ0v) is 10.6. The van der Waals surface area contributed by atoms with Gasteiger partial charge in [-0.05, 0) is 24.3 Å². The SMILES string of the molecule is CC.N#CCc1nc(-c2ccc(F)cc2)cs1. The summed E-state index contributed by atoms with van der Waals surface area (Å²) < 4.78 is 12.7. The van der Waals surface area contributed by atoms with Gasteiger partial charge in [-0.15, -0.1) is 11.3 Å². The van der Waals surface area contributed by atoms with Gasteiger partial charge < -0.3 is 0 Å². The van der Waals surface area contributed by atoms with Gasteiger partial charge in [0.1, 0.15) is 10.8 Å². The quantitative estimate of drug-likeness (QED) is 0.804. The molecule has 0 N–H and O–H groups in total. The molecule has 0 radical (unpaired) electrons. The maximum Gasteiger partial charge on any atom is 0.123 e. The molecule has 2 rings (SSSR count). The van der Waals surface area contributed by atoms with E-state index in [4.69, 9.17) is 5.26 Å². The van der Waals surface area contributed by atoms with Gasteiger partial charge in [0.05, 0.1) is 18.2 Å². The first kappa shape index (κ1) is 13.3. The lowest BCUT2D eigenvalue weighted by Crippen LogP contribution is -1.81. The number of nitriles is 1. The molecule has 0 fully saturated rings. The van der Waals surface area contributed by atoms with Crippen LogP contribution in [0.2, 0.25) is 0 Å². The molecule has 0 amide bonds. The number of rotatable bonds is 2. The molecule has 2 aromatic rings. The smallest absolute Gasteiger partial charge is 0.123 e. The van der Waals surface area contributed by atoms with Crippen molar-refractivity contribution in [3.8, 4) is 17.3 Å². The maximum absolute atomic E-state index is 12.7. The Balaban J connectivity index is 0.000000686.